The van der Waals surface area contributed by atoms with Crippen LogP contribution in [0.2, 0.25) is 5.02 Å². The molecule has 0 radical (unpaired) electrons. The van der Waals surface area contributed by atoms with Crippen LogP contribution in [0.5, 0.6) is 0 Å². The highest BCUT2D eigenvalue weighted by Gasteiger charge is 2.41. The Kier molecular flexibility index (Phi) is 4.91. The standard InChI is InChI=1S/C16H20BrClO3/c17-14-2-1-12(18)9-13(14)15(19)11-3-6-21-16(10-11)4-7-20-8-5-16/h1-2,9,11,15,19H,3-8,10H2. The third-order valence-electron chi connectivity index (χ3n) is 4.66. The van der Waals surface area contributed by atoms with E-state index in [4.69, 9.17) is 21.1 Å². The summed E-state index contributed by atoms with van der Waals surface area (Å²) in [6.45, 7) is 2.22. The molecule has 2 aliphatic heterocycles. The fraction of sp³-hybridized carbons (Fsp3) is 0.625. The Morgan fingerprint density at radius 1 is 1.29 bits per heavy atom. The van der Waals surface area contributed by atoms with E-state index in [1.165, 1.54) is 0 Å². The van der Waals surface area contributed by atoms with Gasteiger partial charge in [0, 0.05) is 29.3 Å². The van der Waals surface area contributed by atoms with E-state index < -0.39 is 6.10 Å². The van der Waals surface area contributed by atoms with Crippen LogP contribution in [0, 0.1) is 5.92 Å². The molecule has 2 saturated heterocycles. The molecule has 2 heterocycles. The van der Waals surface area contributed by atoms with Crippen molar-refractivity contribution in [2.75, 3.05) is 19.8 Å². The van der Waals surface area contributed by atoms with Gasteiger partial charge in [0.25, 0.3) is 0 Å². The smallest absolute Gasteiger partial charge is 0.0831 e. The van der Waals surface area contributed by atoms with Gasteiger partial charge in [-0.05, 0) is 55.4 Å². The second-order valence-corrected chi connectivity index (χ2v) is 7.30. The maximum absolute atomic E-state index is 10.8. The number of rotatable bonds is 2. The fourth-order valence-corrected chi connectivity index (χ4v) is 4.08. The average Bonchev–Trinajstić information content (AvgIpc) is 2.50. The van der Waals surface area contributed by atoms with Gasteiger partial charge in [0.2, 0.25) is 0 Å². The Morgan fingerprint density at radius 3 is 2.81 bits per heavy atom. The molecule has 0 saturated carbocycles. The van der Waals surface area contributed by atoms with E-state index in [0.29, 0.717) is 11.6 Å². The first-order valence-electron chi connectivity index (χ1n) is 7.44. The van der Waals surface area contributed by atoms with Crippen LogP contribution in [0.25, 0.3) is 0 Å². The Hall–Kier alpha value is -0.130. The monoisotopic (exact) mass is 374 g/mol. The molecular weight excluding hydrogens is 356 g/mol. The Morgan fingerprint density at radius 2 is 2.05 bits per heavy atom. The van der Waals surface area contributed by atoms with E-state index in [2.05, 4.69) is 15.9 Å². The number of hydrogen-bond acceptors (Lipinski definition) is 3. The predicted octanol–water partition coefficient (Wildman–Crippen LogP) is 4.11. The Bertz CT molecular complexity index is 497. The third kappa shape index (κ3) is 3.45. The van der Waals surface area contributed by atoms with Crippen LogP contribution in [0.15, 0.2) is 22.7 Å². The number of aliphatic hydroxyl groups is 1. The van der Waals surface area contributed by atoms with E-state index in [9.17, 15) is 5.11 Å². The van der Waals surface area contributed by atoms with Crippen molar-refractivity contribution in [3.05, 3.63) is 33.3 Å². The quantitative estimate of drug-likeness (QED) is 0.845. The van der Waals surface area contributed by atoms with E-state index in [-0.39, 0.29) is 11.5 Å². The van der Waals surface area contributed by atoms with Gasteiger partial charge < -0.3 is 14.6 Å². The van der Waals surface area contributed by atoms with Gasteiger partial charge in [-0.2, -0.15) is 0 Å². The van der Waals surface area contributed by atoms with Crippen molar-refractivity contribution in [2.45, 2.75) is 37.4 Å². The van der Waals surface area contributed by atoms with E-state index in [1.54, 1.807) is 0 Å². The van der Waals surface area contributed by atoms with Gasteiger partial charge in [-0.3, -0.25) is 0 Å². The SMILES string of the molecule is OC(c1cc(Cl)ccc1Br)C1CCOC2(CCOCC2)C1. The molecule has 1 aromatic rings. The Balaban J connectivity index is 1.77. The van der Waals surface area contributed by atoms with Gasteiger partial charge in [-0.25, -0.2) is 0 Å². The van der Waals surface area contributed by atoms with E-state index >= 15 is 0 Å². The van der Waals surface area contributed by atoms with Gasteiger partial charge in [0.05, 0.1) is 11.7 Å². The molecule has 2 fully saturated rings. The van der Waals surface area contributed by atoms with Crippen molar-refractivity contribution in [3.63, 3.8) is 0 Å². The molecule has 116 valence electrons. The van der Waals surface area contributed by atoms with Crippen LogP contribution >= 0.6 is 27.5 Å². The zero-order valence-corrected chi connectivity index (χ0v) is 14.2. The highest BCUT2D eigenvalue weighted by atomic mass is 79.9. The largest absolute Gasteiger partial charge is 0.388 e. The van der Waals surface area contributed by atoms with Crippen LogP contribution in [-0.4, -0.2) is 30.5 Å². The predicted molar refractivity (Wildman–Crippen MR) is 85.6 cm³/mol. The maximum Gasteiger partial charge on any atom is 0.0831 e. The normalized spacial score (nSPS) is 26.7. The summed E-state index contributed by atoms with van der Waals surface area (Å²) in [6.07, 6.45) is 3.10. The molecule has 1 spiro atoms. The zero-order valence-electron chi connectivity index (χ0n) is 11.9. The van der Waals surface area contributed by atoms with Crippen LogP contribution in [0.4, 0.5) is 0 Å². The molecule has 0 aliphatic carbocycles. The summed E-state index contributed by atoms with van der Waals surface area (Å²) in [7, 11) is 0. The number of benzene rings is 1. The first kappa shape index (κ1) is 15.8. The first-order chi connectivity index (χ1) is 10.1. The van der Waals surface area contributed by atoms with Gasteiger partial charge in [-0.1, -0.05) is 27.5 Å². The van der Waals surface area contributed by atoms with Crippen molar-refractivity contribution in [1.29, 1.82) is 0 Å². The summed E-state index contributed by atoms with van der Waals surface area (Å²) in [4.78, 5) is 0. The molecule has 5 heteroatoms. The molecule has 0 amide bonds. The lowest BCUT2D eigenvalue weighted by Crippen LogP contribution is -2.45. The molecule has 2 atom stereocenters. The van der Waals surface area contributed by atoms with Gasteiger partial charge in [0.1, 0.15) is 0 Å². The van der Waals surface area contributed by atoms with Crippen LogP contribution in [-0.2, 0) is 9.47 Å². The first-order valence-corrected chi connectivity index (χ1v) is 8.61. The lowest BCUT2D eigenvalue weighted by Gasteiger charge is -2.44. The molecule has 1 aromatic carbocycles. The Labute approximate surface area is 138 Å². The third-order valence-corrected chi connectivity index (χ3v) is 5.62. The van der Waals surface area contributed by atoms with Gasteiger partial charge in [0.15, 0.2) is 0 Å². The molecule has 0 aromatic heterocycles. The van der Waals surface area contributed by atoms with Crippen LogP contribution in [0.1, 0.15) is 37.4 Å². The van der Waals surface area contributed by atoms with E-state index in [1.807, 2.05) is 18.2 Å². The summed E-state index contributed by atoms with van der Waals surface area (Å²) in [5, 5.41) is 11.4. The van der Waals surface area contributed by atoms with Gasteiger partial charge >= 0.3 is 0 Å². The topological polar surface area (TPSA) is 38.7 Å². The van der Waals surface area contributed by atoms with Crippen molar-refractivity contribution < 1.29 is 14.6 Å². The van der Waals surface area contributed by atoms with Crippen molar-refractivity contribution in [3.8, 4) is 0 Å². The second kappa shape index (κ2) is 6.55. The van der Waals surface area contributed by atoms with E-state index in [0.717, 1.165) is 48.9 Å². The number of ether oxygens (including phenoxy) is 2. The zero-order chi connectivity index (χ0) is 14.9. The number of hydrogen-bond donors (Lipinski definition) is 1. The van der Waals surface area contributed by atoms with Gasteiger partial charge in [-0.15, -0.1) is 0 Å². The van der Waals surface area contributed by atoms with Crippen LogP contribution < -0.4 is 0 Å². The summed E-state index contributed by atoms with van der Waals surface area (Å²) >= 11 is 9.58. The highest BCUT2D eigenvalue weighted by Crippen LogP contribution is 2.43. The summed E-state index contributed by atoms with van der Waals surface area (Å²) in [5.74, 6) is 0.201. The fourth-order valence-electron chi connectivity index (χ4n) is 3.42. The van der Waals surface area contributed by atoms with Crippen LogP contribution in [0.3, 0.4) is 0 Å². The molecule has 0 bridgehead atoms. The summed E-state index contributed by atoms with van der Waals surface area (Å²) in [5.41, 5.74) is 0.768. The molecule has 3 nitrogen and oxygen atoms in total. The highest BCUT2D eigenvalue weighted by molar-refractivity contribution is 9.10. The molecule has 3 rings (SSSR count). The minimum Gasteiger partial charge on any atom is -0.388 e. The molecule has 2 unspecified atom stereocenters. The maximum atomic E-state index is 10.8. The number of halogens is 2. The minimum absolute atomic E-state index is 0.104. The lowest BCUT2D eigenvalue weighted by molar-refractivity contribution is -0.159. The summed E-state index contributed by atoms with van der Waals surface area (Å²) in [6, 6.07) is 5.57. The van der Waals surface area contributed by atoms with Crippen molar-refractivity contribution in [1.82, 2.24) is 0 Å². The molecule has 1 N–H and O–H groups in total. The molecular formula is C16H20BrClO3. The number of aliphatic hydroxyl groups excluding tert-OH is 1. The van der Waals surface area contributed by atoms with Crippen molar-refractivity contribution >= 4 is 27.5 Å². The van der Waals surface area contributed by atoms with Crippen molar-refractivity contribution in [2.24, 2.45) is 5.92 Å². The summed E-state index contributed by atoms with van der Waals surface area (Å²) < 4.78 is 12.4. The molecule has 21 heavy (non-hydrogen) atoms. The second-order valence-electron chi connectivity index (χ2n) is 6.01. The lowest BCUT2D eigenvalue weighted by atomic mass is 9.77. The minimum atomic E-state index is -0.512. The average molecular weight is 376 g/mol. The molecule has 2 aliphatic rings.